The molecule has 0 aromatic carbocycles. The molecule has 1 fully saturated rings. The van der Waals surface area contributed by atoms with Gasteiger partial charge in [0.05, 0.1) is 5.69 Å². The van der Waals surface area contributed by atoms with Crippen LogP contribution in [0.1, 0.15) is 40.9 Å². The van der Waals surface area contributed by atoms with Crippen molar-refractivity contribution >= 4 is 23.1 Å². The van der Waals surface area contributed by atoms with Gasteiger partial charge in [0.25, 0.3) is 0 Å². The Hall–Kier alpha value is -2.53. The van der Waals surface area contributed by atoms with Gasteiger partial charge in [-0.25, -0.2) is 4.98 Å². The Morgan fingerprint density at radius 3 is 2.76 bits per heavy atom. The van der Waals surface area contributed by atoms with Gasteiger partial charge >= 0.3 is 0 Å². The van der Waals surface area contributed by atoms with Gasteiger partial charge < -0.3 is 10.2 Å². The highest BCUT2D eigenvalue weighted by Gasteiger charge is 2.44. The molecule has 1 aliphatic rings. The van der Waals surface area contributed by atoms with E-state index in [0.29, 0.717) is 30.9 Å². The second-order valence-corrected chi connectivity index (χ2v) is 7.31. The van der Waals surface area contributed by atoms with Gasteiger partial charge in [0, 0.05) is 31.1 Å². The third-order valence-corrected chi connectivity index (χ3v) is 5.72. The summed E-state index contributed by atoms with van der Waals surface area (Å²) in [5, 5.41) is 23.9. The van der Waals surface area contributed by atoms with Gasteiger partial charge in [0.1, 0.15) is 22.2 Å². The Morgan fingerprint density at radius 2 is 2.16 bits per heavy atom. The minimum atomic E-state index is -0.558. The lowest BCUT2D eigenvalue weighted by Crippen LogP contribution is -2.47. The lowest BCUT2D eigenvalue weighted by atomic mass is 9.99. The number of hydrogen-bond acceptors (Lipinski definition) is 7. The highest BCUT2D eigenvalue weighted by atomic mass is 32.1. The molecule has 2 aromatic heterocycles. The Kier molecular flexibility index (Phi) is 4.43. The number of nitrogens with zero attached hydrogens (tertiary/aromatic N) is 5. The number of aromatic nitrogens is 3. The average molecular weight is 356 g/mol. The first kappa shape index (κ1) is 17.3. The number of carbonyl (C=O) groups is 1. The van der Waals surface area contributed by atoms with E-state index >= 15 is 0 Å². The van der Waals surface area contributed by atoms with Crippen molar-refractivity contribution in [2.45, 2.75) is 39.7 Å². The zero-order valence-electron chi connectivity index (χ0n) is 14.8. The second-order valence-electron chi connectivity index (χ2n) is 6.45. The van der Waals surface area contributed by atoms with Crippen LogP contribution < -0.4 is 10.2 Å². The minimum absolute atomic E-state index is 0.0959. The number of hydrogen-bond donors (Lipinski definition) is 1. The SMILES string of the molecule is CC(=O)NC1(c2nc(C)cs2)CCN(c2nnc(C)c(C)c2C#N)C1. The first-order valence-corrected chi connectivity index (χ1v) is 8.94. The molecule has 1 unspecified atom stereocenters. The fourth-order valence-corrected chi connectivity index (χ4v) is 4.16. The number of nitrogens with one attached hydrogen (secondary N) is 1. The lowest BCUT2D eigenvalue weighted by molar-refractivity contribution is -0.120. The number of thiazole rings is 1. The van der Waals surface area contributed by atoms with Gasteiger partial charge in [-0.2, -0.15) is 10.4 Å². The van der Waals surface area contributed by atoms with E-state index in [9.17, 15) is 10.1 Å². The van der Waals surface area contributed by atoms with Crippen LogP contribution in [0.15, 0.2) is 5.38 Å². The van der Waals surface area contributed by atoms with Gasteiger partial charge in [-0.1, -0.05) is 0 Å². The summed E-state index contributed by atoms with van der Waals surface area (Å²) in [6, 6.07) is 2.25. The number of rotatable bonds is 3. The maximum Gasteiger partial charge on any atom is 0.217 e. The van der Waals surface area contributed by atoms with Gasteiger partial charge in [0.15, 0.2) is 5.82 Å². The maximum absolute atomic E-state index is 11.8. The molecular weight excluding hydrogens is 336 g/mol. The van der Waals surface area contributed by atoms with Gasteiger partial charge in [-0.15, -0.1) is 16.4 Å². The lowest BCUT2D eigenvalue weighted by Gasteiger charge is -2.28. The number of carbonyl (C=O) groups excluding carboxylic acids is 1. The summed E-state index contributed by atoms with van der Waals surface area (Å²) in [5.41, 5.74) is 2.52. The summed E-state index contributed by atoms with van der Waals surface area (Å²) in [6.07, 6.45) is 0.707. The number of amides is 1. The fraction of sp³-hybridized carbons (Fsp3) is 0.471. The van der Waals surface area contributed by atoms with Gasteiger partial charge in [0.2, 0.25) is 5.91 Å². The van der Waals surface area contributed by atoms with Crippen LogP contribution in [-0.4, -0.2) is 34.2 Å². The van der Waals surface area contributed by atoms with E-state index in [4.69, 9.17) is 0 Å². The Bertz CT molecular complexity index is 871. The summed E-state index contributed by atoms with van der Waals surface area (Å²) in [6.45, 7) is 8.37. The monoisotopic (exact) mass is 356 g/mol. The van der Waals surface area contributed by atoms with Crippen LogP contribution in [0.25, 0.3) is 0 Å². The van der Waals surface area contributed by atoms with Crippen molar-refractivity contribution in [3.63, 3.8) is 0 Å². The van der Waals surface area contributed by atoms with Crippen LogP contribution in [-0.2, 0) is 10.3 Å². The summed E-state index contributed by atoms with van der Waals surface area (Å²) in [7, 11) is 0. The van der Waals surface area contributed by atoms with Crippen molar-refractivity contribution < 1.29 is 4.79 Å². The third kappa shape index (κ3) is 3.07. The molecule has 8 heteroatoms. The summed E-state index contributed by atoms with van der Waals surface area (Å²) < 4.78 is 0. The molecule has 0 radical (unpaired) electrons. The summed E-state index contributed by atoms with van der Waals surface area (Å²) in [4.78, 5) is 18.4. The van der Waals surface area contributed by atoms with E-state index in [1.54, 1.807) is 11.3 Å². The average Bonchev–Trinajstić information content (AvgIpc) is 3.17. The molecule has 0 aliphatic carbocycles. The van der Waals surface area contributed by atoms with E-state index in [0.717, 1.165) is 22.0 Å². The highest BCUT2D eigenvalue weighted by Crippen LogP contribution is 2.37. The molecule has 1 saturated heterocycles. The topological polar surface area (TPSA) is 94.8 Å². The van der Waals surface area contributed by atoms with E-state index in [-0.39, 0.29) is 5.91 Å². The number of aryl methyl sites for hydroxylation is 2. The molecule has 3 heterocycles. The molecule has 2 aromatic rings. The number of nitriles is 1. The van der Waals surface area contributed by atoms with Crippen LogP contribution in [0, 0.1) is 32.1 Å². The molecule has 0 bridgehead atoms. The molecule has 0 saturated carbocycles. The van der Waals surface area contributed by atoms with Crippen molar-refractivity contribution in [3.05, 3.63) is 32.9 Å². The van der Waals surface area contributed by atoms with Crippen LogP contribution >= 0.6 is 11.3 Å². The predicted octanol–water partition coefficient (Wildman–Crippen LogP) is 1.97. The molecule has 1 N–H and O–H groups in total. The minimum Gasteiger partial charge on any atom is -0.351 e. The normalized spacial score (nSPS) is 19.7. The van der Waals surface area contributed by atoms with E-state index < -0.39 is 5.54 Å². The molecular formula is C17H20N6OS. The summed E-state index contributed by atoms with van der Waals surface area (Å²) >= 11 is 1.55. The molecule has 0 spiro atoms. The van der Waals surface area contributed by atoms with Crippen molar-refractivity contribution in [2.24, 2.45) is 0 Å². The van der Waals surface area contributed by atoms with E-state index in [1.165, 1.54) is 6.92 Å². The fourth-order valence-electron chi connectivity index (χ4n) is 3.18. The third-order valence-electron chi connectivity index (χ3n) is 4.56. The summed E-state index contributed by atoms with van der Waals surface area (Å²) in [5.74, 6) is 0.479. The second kappa shape index (κ2) is 6.41. The molecule has 1 amide bonds. The van der Waals surface area contributed by atoms with E-state index in [2.05, 4.69) is 26.6 Å². The van der Waals surface area contributed by atoms with Crippen molar-refractivity contribution in [1.29, 1.82) is 5.26 Å². The van der Waals surface area contributed by atoms with Gasteiger partial charge in [-0.3, -0.25) is 4.79 Å². The Morgan fingerprint density at radius 1 is 1.40 bits per heavy atom. The molecule has 25 heavy (non-hydrogen) atoms. The first-order chi connectivity index (χ1) is 11.9. The molecule has 1 atom stereocenters. The Labute approximate surface area is 150 Å². The predicted molar refractivity (Wildman–Crippen MR) is 95.4 cm³/mol. The van der Waals surface area contributed by atoms with E-state index in [1.807, 2.05) is 31.1 Å². The number of anilines is 1. The van der Waals surface area contributed by atoms with Crippen LogP contribution in [0.5, 0.6) is 0 Å². The van der Waals surface area contributed by atoms with Crippen LogP contribution in [0.3, 0.4) is 0 Å². The first-order valence-electron chi connectivity index (χ1n) is 8.06. The molecule has 7 nitrogen and oxygen atoms in total. The van der Waals surface area contributed by atoms with Crippen molar-refractivity contribution in [2.75, 3.05) is 18.0 Å². The quantitative estimate of drug-likeness (QED) is 0.903. The molecule has 1 aliphatic heterocycles. The highest BCUT2D eigenvalue weighted by molar-refractivity contribution is 7.09. The van der Waals surface area contributed by atoms with Crippen LogP contribution in [0.2, 0.25) is 0 Å². The molecule has 3 rings (SSSR count). The maximum atomic E-state index is 11.8. The largest absolute Gasteiger partial charge is 0.351 e. The molecule has 130 valence electrons. The van der Waals surface area contributed by atoms with Crippen LogP contribution in [0.4, 0.5) is 5.82 Å². The zero-order valence-corrected chi connectivity index (χ0v) is 15.6. The smallest absolute Gasteiger partial charge is 0.217 e. The Balaban J connectivity index is 2.00. The van der Waals surface area contributed by atoms with Crippen molar-refractivity contribution in [3.8, 4) is 6.07 Å². The standard InChI is InChI=1S/C17H20N6OS/c1-10-8-25-16(19-10)17(20-13(4)24)5-6-23(9-17)15-14(7-18)11(2)12(3)21-22-15/h8H,5-6,9H2,1-4H3,(H,20,24). The zero-order chi connectivity index (χ0) is 18.2. The van der Waals surface area contributed by atoms with Gasteiger partial charge in [-0.05, 0) is 32.8 Å². The van der Waals surface area contributed by atoms with Crippen molar-refractivity contribution in [1.82, 2.24) is 20.5 Å².